The van der Waals surface area contributed by atoms with Crippen LogP contribution < -0.4 is 26.2 Å². The molecule has 2 aliphatic rings. The minimum absolute atomic E-state index is 0.334. The third-order valence-electron chi connectivity index (χ3n) is 27.6. The summed E-state index contributed by atoms with van der Waals surface area (Å²) in [5, 5.41) is 9.61. The standard InChI is InChI=1S/C122H81BN6/c1-78-35-9-11-41-88(78)86-71-84(72-87(73-86)89-42-12-10-36-79(89)2)85-76-118-120-119(77-85)127(105-56-24-14-44-91(105)81-39-7-4-8-40-81)117-75-83(93-54-34-66-115(125-108-59-27-17-47-96(108)97-48-18-28-60-109(97)125)122(93)129-112-63-31-21-51-100(112)101-52-22-32-64-113(101)129)68-70-103(117)123(120)102-69-67-82(74-116(102)126(118)104-55-23-13-43-90(104)80-37-5-3-6-38-80)92-53-33-65-114(124-106-57-25-15-45-94(106)95-46-16-26-58-107(95)124)121(92)128-110-61-29-19-49-98(110)99-50-20-30-62-111(99)128/h3-77H,1-2H3. The Kier molecular flexibility index (Phi) is 16.8. The molecule has 4 aromatic heterocycles. The van der Waals surface area contributed by atoms with Crippen molar-refractivity contribution in [3.05, 3.63) is 466 Å². The smallest absolute Gasteiger partial charge is 0.252 e. The number of hydrogen-bond acceptors (Lipinski definition) is 2. The SMILES string of the molecule is Cc1ccccc1-c1cc(-c2cc3c4c(c2)N(c2ccccc2-c2ccccc2)c2cc(-c5cccc(-n6c7ccccc7c7ccccc76)c5-n5c6ccccc6c6ccccc65)ccc2B4c2ccc(-c4cccc(-n5c6ccccc6c6ccccc65)c4-n4c5ccccc5c5ccccc54)cc2N3c2ccccc2-c2ccccc2)cc(-c2ccccc2C)c1. The zero-order chi connectivity index (χ0) is 85.1. The van der Waals surface area contributed by atoms with E-state index in [0.29, 0.717) is 0 Å². The van der Waals surface area contributed by atoms with E-state index in [1.165, 1.54) is 81.7 Å². The van der Waals surface area contributed by atoms with Crippen molar-refractivity contribution >= 4 is 144 Å². The fourth-order valence-electron chi connectivity index (χ4n) is 22.0. The lowest BCUT2D eigenvalue weighted by Gasteiger charge is -2.45. The Bertz CT molecular complexity index is 8050. The maximum absolute atomic E-state index is 2.67. The fraction of sp³-hybridized carbons (Fsp3) is 0.0164. The third kappa shape index (κ3) is 11.4. The maximum Gasteiger partial charge on any atom is 0.252 e. The highest BCUT2D eigenvalue weighted by atomic mass is 15.2. The molecule has 0 aliphatic carbocycles. The largest absolute Gasteiger partial charge is 0.311 e. The maximum atomic E-state index is 2.67. The molecule has 0 amide bonds. The average molecular weight is 1640 g/mol. The molecule has 7 heteroatoms. The molecule has 129 heavy (non-hydrogen) atoms. The number of aryl methyl sites for hydroxylation is 2. The molecule has 0 saturated carbocycles. The number of nitrogens with zero attached hydrogens (tertiary/aromatic N) is 6. The van der Waals surface area contributed by atoms with Gasteiger partial charge in [-0.2, -0.15) is 0 Å². The Labute approximate surface area is 747 Å². The van der Waals surface area contributed by atoms with Gasteiger partial charge in [-0.3, -0.25) is 0 Å². The third-order valence-corrected chi connectivity index (χ3v) is 27.6. The number of fused-ring (bicyclic) bond motifs is 16. The van der Waals surface area contributed by atoms with Crippen LogP contribution in [0.15, 0.2) is 455 Å². The number of para-hydroxylation sites is 12. The van der Waals surface area contributed by atoms with Crippen molar-refractivity contribution in [3.8, 4) is 101 Å². The van der Waals surface area contributed by atoms with Crippen molar-refractivity contribution in [2.75, 3.05) is 9.80 Å². The van der Waals surface area contributed by atoms with E-state index in [9.17, 15) is 0 Å². The molecule has 602 valence electrons. The van der Waals surface area contributed by atoms with Crippen molar-refractivity contribution in [2.45, 2.75) is 13.8 Å². The van der Waals surface area contributed by atoms with Crippen molar-refractivity contribution in [2.24, 2.45) is 0 Å². The van der Waals surface area contributed by atoms with Gasteiger partial charge < -0.3 is 28.1 Å². The van der Waals surface area contributed by atoms with E-state index in [-0.39, 0.29) is 6.71 Å². The lowest BCUT2D eigenvalue weighted by atomic mass is 9.33. The topological polar surface area (TPSA) is 26.2 Å². The predicted octanol–water partition coefficient (Wildman–Crippen LogP) is 30.4. The van der Waals surface area contributed by atoms with Crippen LogP contribution in [0, 0.1) is 13.8 Å². The fourth-order valence-corrected chi connectivity index (χ4v) is 22.0. The lowest BCUT2D eigenvalue weighted by molar-refractivity contribution is 1.10. The van der Waals surface area contributed by atoms with Crippen LogP contribution in [-0.4, -0.2) is 25.0 Å². The minimum atomic E-state index is -0.334. The second-order valence-electron chi connectivity index (χ2n) is 34.6. The van der Waals surface area contributed by atoms with Crippen LogP contribution in [0.2, 0.25) is 0 Å². The summed E-state index contributed by atoms with van der Waals surface area (Å²) in [5.74, 6) is 0. The summed E-state index contributed by atoms with van der Waals surface area (Å²) in [7, 11) is 0. The normalized spacial score (nSPS) is 12.4. The van der Waals surface area contributed by atoms with Gasteiger partial charge in [0.2, 0.25) is 0 Å². The second-order valence-corrected chi connectivity index (χ2v) is 34.6. The van der Waals surface area contributed by atoms with Gasteiger partial charge >= 0.3 is 0 Å². The molecular weight excluding hydrogens is 1560 g/mol. The van der Waals surface area contributed by atoms with Gasteiger partial charge in [0.1, 0.15) is 0 Å². The Balaban J connectivity index is 0.809. The number of benzene rings is 20. The van der Waals surface area contributed by atoms with Gasteiger partial charge in [-0.25, -0.2) is 0 Å². The first-order valence-electron chi connectivity index (χ1n) is 44.7. The van der Waals surface area contributed by atoms with Crippen LogP contribution in [0.4, 0.5) is 34.1 Å². The molecule has 0 radical (unpaired) electrons. The molecule has 6 heterocycles. The highest BCUT2D eigenvalue weighted by Gasteiger charge is 2.45. The molecule has 0 N–H and O–H groups in total. The van der Waals surface area contributed by atoms with Gasteiger partial charge in [-0.1, -0.05) is 340 Å². The lowest BCUT2D eigenvalue weighted by Crippen LogP contribution is -2.61. The summed E-state index contributed by atoms with van der Waals surface area (Å²) in [6.45, 7) is 4.16. The van der Waals surface area contributed by atoms with E-state index in [0.717, 1.165) is 168 Å². The van der Waals surface area contributed by atoms with E-state index in [2.05, 4.69) is 497 Å². The van der Waals surface area contributed by atoms with Gasteiger partial charge in [0.25, 0.3) is 6.71 Å². The Hall–Kier alpha value is -16.7. The Morgan fingerprint density at radius 1 is 0.163 bits per heavy atom. The van der Waals surface area contributed by atoms with Crippen LogP contribution in [0.1, 0.15) is 11.1 Å². The van der Waals surface area contributed by atoms with E-state index in [1.54, 1.807) is 0 Å². The highest BCUT2D eigenvalue weighted by Crippen LogP contribution is 2.54. The molecule has 24 aromatic rings. The minimum Gasteiger partial charge on any atom is -0.311 e. The molecule has 0 spiro atoms. The van der Waals surface area contributed by atoms with Crippen LogP contribution in [0.3, 0.4) is 0 Å². The summed E-state index contributed by atoms with van der Waals surface area (Å²) in [6.07, 6.45) is 0. The van der Waals surface area contributed by atoms with E-state index >= 15 is 0 Å². The number of hydrogen-bond donors (Lipinski definition) is 0. The van der Waals surface area contributed by atoms with Gasteiger partial charge in [0.05, 0.1) is 78.3 Å². The number of anilines is 6. The Morgan fingerprint density at radius 3 is 0.775 bits per heavy atom. The van der Waals surface area contributed by atoms with Crippen molar-refractivity contribution in [1.29, 1.82) is 0 Å². The van der Waals surface area contributed by atoms with Crippen molar-refractivity contribution < 1.29 is 0 Å². The summed E-state index contributed by atoms with van der Waals surface area (Å²) < 4.78 is 10.2. The Morgan fingerprint density at radius 2 is 0.426 bits per heavy atom. The molecule has 2 aliphatic heterocycles. The molecule has 0 saturated heterocycles. The van der Waals surface area contributed by atoms with Crippen LogP contribution in [0.25, 0.3) is 188 Å². The zero-order valence-corrected chi connectivity index (χ0v) is 71.1. The van der Waals surface area contributed by atoms with Gasteiger partial charge in [-0.05, 0) is 212 Å². The number of aromatic nitrogens is 4. The quantitative estimate of drug-likeness (QED) is 0.108. The summed E-state index contributed by atoms with van der Waals surface area (Å²) in [5.41, 5.74) is 41.6. The molecule has 6 nitrogen and oxygen atoms in total. The molecule has 20 aromatic carbocycles. The predicted molar refractivity (Wildman–Crippen MR) is 545 cm³/mol. The first-order chi connectivity index (χ1) is 63.9. The van der Waals surface area contributed by atoms with E-state index in [4.69, 9.17) is 0 Å². The molecule has 26 rings (SSSR count). The van der Waals surface area contributed by atoms with Gasteiger partial charge in [-0.15, -0.1) is 0 Å². The summed E-state index contributed by atoms with van der Waals surface area (Å²) in [4.78, 5) is 5.34. The first kappa shape index (κ1) is 73.8. The zero-order valence-electron chi connectivity index (χ0n) is 71.1. The average Bonchev–Trinajstić information content (AvgIpc) is 1.43. The second kappa shape index (κ2) is 29.5. The van der Waals surface area contributed by atoms with E-state index in [1.807, 2.05) is 0 Å². The number of rotatable bonds is 13. The monoisotopic (exact) mass is 1640 g/mol. The van der Waals surface area contributed by atoms with Crippen molar-refractivity contribution in [1.82, 2.24) is 18.3 Å². The first-order valence-corrected chi connectivity index (χ1v) is 44.7. The summed E-state index contributed by atoms with van der Waals surface area (Å²) in [6, 6.07) is 171. The van der Waals surface area contributed by atoms with Crippen LogP contribution >= 0.6 is 0 Å². The molecule has 0 fully saturated rings. The van der Waals surface area contributed by atoms with Gasteiger partial charge in [0.15, 0.2) is 0 Å². The van der Waals surface area contributed by atoms with Crippen molar-refractivity contribution in [3.63, 3.8) is 0 Å². The summed E-state index contributed by atoms with van der Waals surface area (Å²) >= 11 is 0. The molecular formula is C122H81BN6. The van der Waals surface area contributed by atoms with Crippen LogP contribution in [-0.2, 0) is 0 Å². The van der Waals surface area contributed by atoms with Gasteiger partial charge in [0, 0.05) is 88.1 Å². The molecule has 0 bridgehead atoms. The molecule has 0 unspecified atom stereocenters. The van der Waals surface area contributed by atoms with E-state index < -0.39 is 0 Å². The van der Waals surface area contributed by atoms with Crippen LogP contribution in [0.5, 0.6) is 0 Å². The molecule has 0 atom stereocenters. The highest BCUT2D eigenvalue weighted by molar-refractivity contribution is 7.00.